The van der Waals surface area contributed by atoms with Gasteiger partial charge < -0.3 is 0 Å². The normalized spacial score (nSPS) is 14.6. The fourth-order valence-electron chi connectivity index (χ4n) is 2.53. The molecule has 0 aliphatic carbocycles. The lowest BCUT2D eigenvalue weighted by atomic mass is 10.0. The lowest BCUT2D eigenvalue weighted by Crippen LogP contribution is -2.02. The van der Waals surface area contributed by atoms with Gasteiger partial charge in [0.2, 0.25) is 0 Å². The first kappa shape index (κ1) is 14.9. The Balaban J connectivity index is 0.000000131. The van der Waals surface area contributed by atoms with Gasteiger partial charge in [-0.25, -0.2) is 4.39 Å². The Bertz CT molecular complexity index is 674. The second-order valence-electron chi connectivity index (χ2n) is 5.26. The van der Waals surface area contributed by atoms with E-state index in [0.717, 1.165) is 42.1 Å². The lowest BCUT2D eigenvalue weighted by molar-refractivity contribution is 0.625. The van der Waals surface area contributed by atoms with E-state index in [0.29, 0.717) is 0 Å². The standard InChI is InChI=1S/C9H8ClN.C9H8FN/c2*10-9-2-1-8-6-11-4-3-7(8)5-9/h2*1-2,5-6H,3-4H2. The van der Waals surface area contributed by atoms with Crippen LogP contribution in [0.3, 0.4) is 0 Å². The molecule has 0 fully saturated rings. The minimum Gasteiger partial charge on any atom is -0.292 e. The number of rotatable bonds is 0. The van der Waals surface area contributed by atoms with Crippen molar-refractivity contribution in [1.29, 1.82) is 0 Å². The van der Waals surface area contributed by atoms with E-state index in [-0.39, 0.29) is 5.82 Å². The first-order valence-electron chi connectivity index (χ1n) is 7.29. The molecule has 0 aromatic heterocycles. The van der Waals surface area contributed by atoms with Crippen LogP contribution in [0.5, 0.6) is 0 Å². The highest BCUT2D eigenvalue weighted by molar-refractivity contribution is 6.30. The number of halogens is 2. The first-order valence-corrected chi connectivity index (χ1v) is 7.67. The van der Waals surface area contributed by atoms with Crippen molar-refractivity contribution >= 4 is 24.0 Å². The number of hydrogen-bond donors (Lipinski definition) is 0. The first-order chi connectivity index (χ1) is 10.7. The van der Waals surface area contributed by atoms with Crippen LogP contribution in [-0.4, -0.2) is 25.5 Å². The molecule has 22 heavy (non-hydrogen) atoms. The van der Waals surface area contributed by atoms with Gasteiger partial charge in [0.15, 0.2) is 0 Å². The van der Waals surface area contributed by atoms with Gasteiger partial charge in [-0.1, -0.05) is 23.7 Å². The Morgan fingerprint density at radius 1 is 0.818 bits per heavy atom. The van der Waals surface area contributed by atoms with Gasteiger partial charge >= 0.3 is 0 Å². The number of benzene rings is 2. The molecule has 0 saturated carbocycles. The fourth-order valence-corrected chi connectivity index (χ4v) is 2.72. The summed E-state index contributed by atoms with van der Waals surface area (Å²) >= 11 is 5.83. The third kappa shape index (κ3) is 3.60. The summed E-state index contributed by atoms with van der Waals surface area (Å²) in [4.78, 5) is 8.28. The second-order valence-corrected chi connectivity index (χ2v) is 5.69. The van der Waals surface area contributed by atoms with Crippen LogP contribution in [0.4, 0.5) is 4.39 Å². The molecule has 2 aromatic carbocycles. The molecule has 4 rings (SSSR count). The molecule has 2 nitrogen and oxygen atoms in total. The molecule has 0 bridgehead atoms. The topological polar surface area (TPSA) is 24.7 Å². The highest BCUT2D eigenvalue weighted by Crippen LogP contribution is 2.17. The van der Waals surface area contributed by atoms with Crippen LogP contribution in [0.2, 0.25) is 5.02 Å². The van der Waals surface area contributed by atoms with Crippen molar-refractivity contribution in [3.63, 3.8) is 0 Å². The third-order valence-electron chi connectivity index (χ3n) is 3.69. The van der Waals surface area contributed by atoms with Crippen molar-refractivity contribution in [2.24, 2.45) is 9.98 Å². The van der Waals surface area contributed by atoms with Crippen LogP contribution in [0.1, 0.15) is 22.3 Å². The molecule has 0 N–H and O–H groups in total. The van der Waals surface area contributed by atoms with E-state index in [4.69, 9.17) is 11.6 Å². The number of aliphatic imine (C=N–C) groups is 2. The summed E-state index contributed by atoms with van der Waals surface area (Å²) in [5, 5.41) is 0.819. The highest BCUT2D eigenvalue weighted by atomic mass is 35.5. The van der Waals surface area contributed by atoms with E-state index in [2.05, 4.69) is 9.98 Å². The zero-order chi connectivity index (χ0) is 15.4. The van der Waals surface area contributed by atoms with E-state index in [9.17, 15) is 4.39 Å². The van der Waals surface area contributed by atoms with Crippen molar-refractivity contribution in [3.05, 3.63) is 69.5 Å². The van der Waals surface area contributed by atoms with Crippen molar-refractivity contribution in [3.8, 4) is 0 Å². The Morgan fingerprint density at radius 3 is 2.09 bits per heavy atom. The summed E-state index contributed by atoms with van der Waals surface area (Å²) < 4.78 is 12.7. The van der Waals surface area contributed by atoms with E-state index in [1.807, 2.05) is 24.4 Å². The maximum Gasteiger partial charge on any atom is 0.123 e. The van der Waals surface area contributed by atoms with Crippen molar-refractivity contribution in [1.82, 2.24) is 0 Å². The van der Waals surface area contributed by atoms with Crippen LogP contribution in [-0.2, 0) is 12.8 Å². The van der Waals surface area contributed by atoms with Crippen molar-refractivity contribution in [2.75, 3.05) is 13.1 Å². The third-order valence-corrected chi connectivity index (χ3v) is 3.93. The van der Waals surface area contributed by atoms with Gasteiger partial charge in [-0.3, -0.25) is 9.98 Å². The minimum absolute atomic E-state index is 0.154. The molecule has 0 atom stereocenters. The summed E-state index contributed by atoms with van der Waals surface area (Å²) in [6, 6.07) is 10.8. The largest absolute Gasteiger partial charge is 0.292 e. The molecule has 0 amide bonds. The van der Waals surface area contributed by atoms with E-state index in [1.54, 1.807) is 18.3 Å². The molecule has 2 aromatic rings. The molecule has 4 heteroatoms. The highest BCUT2D eigenvalue weighted by Gasteiger charge is 2.05. The summed E-state index contributed by atoms with van der Waals surface area (Å²) in [5.41, 5.74) is 4.64. The molecular weight excluding hydrogens is 299 g/mol. The zero-order valence-electron chi connectivity index (χ0n) is 12.1. The molecule has 2 aliphatic heterocycles. The SMILES string of the molecule is Clc1ccc2c(c1)CCN=C2.Fc1ccc2c(c1)CCN=C2. The predicted octanol–water partition coefficient (Wildman–Crippen LogP) is 4.12. The van der Waals surface area contributed by atoms with Gasteiger partial charge in [0, 0.05) is 30.5 Å². The van der Waals surface area contributed by atoms with Crippen molar-refractivity contribution < 1.29 is 4.39 Å². The Labute approximate surface area is 134 Å². The second kappa shape index (κ2) is 6.84. The van der Waals surface area contributed by atoms with E-state index in [1.165, 1.54) is 17.2 Å². The van der Waals surface area contributed by atoms with E-state index < -0.39 is 0 Å². The molecule has 0 unspecified atom stereocenters. The Morgan fingerprint density at radius 2 is 1.41 bits per heavy atom. The Kier molecular flexibility index (Phi) is 4.64. The number of fused-ring (bicyclic) bond motifs is 2. The lowest BCUT2D eigenvalue weighted by Gasteiger charge is -2.08. The number of nitrogens with zero attached hydrogens (tertiary/aromatic N) is 2. The monoisotopic (exact) mass is 314 g/mol. The van der Waals surface area contributed by atoms with Crippen LogP contribution < -0.4 is 0 Å². The van der Waals surface area contributed by atoms with E-state index >= 15 is 0 Å². The quantitative estimate of drug-likeness (QED) is 0.699. The fraction of sp³-hybridized carbons (Fsp3) is 0.222. The van der Waals surface area contributed by atoms with Gasteiger partial charge in [-0.2, -0.15) is 0 Å². The summed E-state index contributed by atoms with van der Waals surface area (Å²) in [7, 11) is 0. The van der Waals surface area contributed by atoms with Gasteiger partial charge in [0.05, 0.1) is 0 Å². The summed E-state index contributed by atoms with van der Waals surface area (Å²) in [6.07, 6.45) is 5.60. The molecule has 0 radical (unpaired) electrons. The van der Waals surface area contributed by atoms with Gasteiger partial charge in [0.25, 0.3) is 0 Å². The van der Waals surface area contributed by atoms with Crippen LogP contribution in [0.15, 0.2) is 46.4 Å². The average Bonchev–Trinajstić information content (AvgIpc) is 2.55. The molecule has 0 saturated heterocycles. The van der Waals surface area contributed by atoms with Gasteiger partial charge in [-0.05, 0) is 59.4 Å². The molecule has 2 aliphatic rings. The molecule has 2 heterocycles. The van der Waals surface area contributed by atoms with Gasteiger partial charge in [0.1, 0.15) is 5.82 Å². The maximum atomic E-state index is 12.7. The van der Waals surface area contributed by atoms with Crippen LogP contribution >= 0.6 is 11.6 Å². The summed E-state index contributed by atoms with van der Waals surface area (Å²) in [6.45, 7) is 1.68. The van der Waals surface area contributed by atoms with Crippen LogP contribution in [0, 0.1) is 5.82 Å². The van der Waals surface area contributed by atoms with Gasteiger partial charge in [-0.15, -0.1) is 0 Å². The molecule has 112 valence electrons. The number of hydrogen-bond acceptors (Lipinski definition) is 2. The Hall–Kier alpha value is -2.00. The maximum absolute atomic E-state index is 12.7. The smallest absolute Gasteiger partial charge is 0.123 e. The average molecular weight is 315 g/mol. The van der Waals surface area contributed by atoms with Crippen molar-refractivity contribution in [2.45, 2.75) is 12.8 Å². The molecule has 0 spiro atoms. The zero-order valence-corrected chi connectivity index (χ0v) is 12.9. The summed E-state index contributed by atoms with van der Waals surface area (Å²) in [5.74, 6) is -0.154. The van der Waals surface area contributed by atoms with Crippen LogP contribution in [0.25, 0.3) is 0 Å². The molecular formula is C18H16ClFN2. The predicted molar refractivity (Wildman–Crippen MR) is 90.2 cm³/mol. The minimum atomic E-state index is -0.154.